The molecule has 1 atom stereocenters. The monoisotopic (exact) mass is 257 g/mol. The molecule has 1 aromatic rings. The van der Waals surface area contributed by atoms with E-state index in [0.717, 1.165) is 5.75 Å². The third kappa shape index (κ3) is 2.59. The Kier molecular flexibility index (Phi) is 3.56. The largest absolute Gasteiger partial charge is 0.329 e. The lowest BCUT2D eigenvalue weighted by atomic mass is 10.0. The summed E-state index contributed by atoms with van der Waals surface area (Å²) in [6.07, 6.45) is 0. The van der Waals surface area contributed by atoms with Crippen molar-refractivity contribution in [3.63, 3.8) is 0 Å². The molecular weight excluding hydrogens is 242 g/mol. The summed E-state index contributed by atoms with van der Waals surface area (Å²) < 4.78 is 23.4. The van der Waals surface area contributed by atoms with E-state index in [0.29, 0.717) is 0 Å². The van der Waals surface area contributed by atoms with Gasteiger partial charge in [0.2, 0.25) is 0 Å². The Balaban J connectivity index is 2.15. The van der Waals surface area contributed by atoms with E-state index in [9.17, 15) is 8.42 Å². The highest BCUT2D eigenvalue weighted by Crippen LogP contribution is 2.39. The minimum absolute atomic E-state index is 0.0936. The van der Waals surface area contributed by atoms with Crippen LogP contribution in [0.4, 0.5) is 0 Å². The van der Waals surface area contributed by atoms with Gasteiger partial charge in [-0.05, 0) is 11.6 Å². The van der Waals surface area contributed by atoms with E-state index in [1.165, 1.54) is 10.5 Å². The summed E-state index contributed by atoms with van der Waals surface area (Å²) in [7, 11) is -3.00. The maximum absolute atomic E-state index is 11.7. The molecule has 0 fully saturated rings. The fourth-order valence-electron chi connectivity index (χ4n) is 1.94. The van der Waals surface area contributed by atoms with Crippen LogP contribution >= 0.6 is 11.8 Å². The van der Waals surface area contributed by atoms with Crippen molar-refractivity contribution in [2.24, 2.45) is 5.73 Å². The number of rotatable bonds is 4. The summed E-state index contributed by atoms with van der Waals surface area (Å²) in [6.45, 7) is 0.212. The Morgan fingerprint density at radius 1 is 1.38 bits per heavy atom. The lowest BCUT2D eigenvalue weighted by Crippen LogP contribution is -2.22. The zero-order chi connectivity index (χ0) is 11.6. The Bertz CT molecular complexity index is 471. The summed E-state index contributed by atoms with van der Waals surface area (Å²) >= 11 is 1.74. The molecule has 0 aliphatic carbocycles. The van der Waals surface area contributed by atoms with Gasteiger partial charge in [-0.2, -0.15) is 0 Å². The standard InChI is InChI=1S/C11H15NO2S2/c12-5-6-16(13,14)8-9-7-15-11-4-2-1-3-10(9)11/h1-4,9H,5-8,12H2. The maximum Gasteiger partial charge on any atom is 0.152 e. The molecule has 0 spiro atoms. The zero-order valence-corrected chi connectivity index (χ0v) is 10.6. The molecule has 5 heteroatoms. The van der Waals surface area contributed by atoms with E-state index >= 15 is 0 Å². The second-order valence-corrected chi connectivity index (χ2v) is 7.24. The van der Waals surface area contributed by atoms with Gasteiger partial charge in [0.1, 0.15) is 0 Å². The molecule has 2 rings (SSSR count). The molecule has 2 N–H and O–H groups in total. The summed E-state index contributed by atoms with van der Waals surface area (Å²) in [5.41, 5.74) is 6.47. The molecule has 0 saturated heterocycles. The topological polar surface area (TPSA) is 60.2 Å². The second-order valence-electron chi connectivity index (χ2n) is 3.95. The first-order chi connectivity index (χ1) is 7.62. The lowest BCUT2D eigenvalue weighted by Gasteiger charge is -2.10. The van der Waals surface area contributed by atoms with Crippen molar-refractivity contribution in [2.75, 3.05) is 23.8 Å². The molecule has 1 unspecified atom stereocenters. The van der Waals surface area contributed by atoms with Crippen LogP contribution in [0.3, 0.4) is 0 Å². The predicted octanol–water partition coefficient (Wildman–Crippen LogP) is 1.25. The number of nitrogens with two attached hydrogens (primary N) is 1. The van der Waals surface area contributed by atoms with E-state index in [-0.39, 0.29) is 24.0 Å². The van der Waals surface area contributed by atoms with Gasteiger partial charge >= 0.3 is 0 Å². The van der Waals surface area contributed by atoms with Crippen molar-refractivity contribution in [3.8, 4) is 0 Å². The molecule has 16 heavy (non-hydrogen) atoms. The SMILES string of the molecule is NCCS(=O)(=O)CC1CSc2ccccc21. The molecule has 0 bridgehead atoms. The van der Waals surface area contributed by atoms with Gasteiger partial charge in [0, 0.05) is 23.1 Å². The molecule has 1 aromatic carbocycles. The van der Waals surface area contributed by atoms with E-state index in [1.54, 1.807) is 11.8 Å². The lowest BCUT2D eigenvalue weighted by molar-refractivity contribution is 0.591. The molecule has 3 nitrogen and oxygen atoms in total. The van der Waals surface area contributed by atoms with E-state index < -0.39 is 9.84 Å². The normalized spacial score (nSPS) is 19.7. The third-order valence-electron chi connectivity index (χ3n) is 2.68. The Hall–Kier alpha value is -0.520. The predicted molar refractivity (Wildman–Crippen MR) is 67.6 cm³/mol. The minimum Gasteiger partial charge on any atom is -0.329 e. The Morgan fingerprint density at radius 3 is 2.88 bits per heavy atom. The number of hydrogen-bond donors (Lipinski definition) is 1. The molecule has 1 aliphatic rings. The van der Waals surface area contributed by atoms with Gasteiger partial charge in [0.15, 0.2) is 9.84 Å². The molecule has 0 aromatic heterocycles. The van der Waals surface area contributed by atoms with Gasteiger partial charge < -0.3 is 5.73 Å². The minimum atomic E-state index is -3.00. The van der Waals surface area contributed by atoms with Crippen LogP contribution in [0.2, 0.25) is 0 Å². The van der Waals surface area contributed by atoms with Crippen LogP contribution in [0, 0.1) is 0 Å². The molecule has 1 heterocycles. The number of hydrogen-bond acceptors (Lipinski definition) is 4. The average molecular weight is 257 g/mol. The van der Waals surface area contributed by atoms with Crippen LogP contribution in [0.5, 0.6) is 0 Å². The van der Waals surface area contributed by atoms with Crippen molar-refractivity contribution in [1.82, 2.24) is 0 Å². The summed E-state index contributed by atoms with van der Waals surface area (Å²) in [5, 5.41) is 0. The third-order valence-corrected chi connectivity index (χ3v) is 5.70. The number of sulfone groups is 1. The Labute approximate surface area is 100 Å². The van der Waals surface area contributed by atoms with E-state index in [1.807, 2.05) is 18.2 Å². The summed E-state index contributed by atoms with van der Waals surface area (Å²) in [4.78, 5) is 1.22. The smallest absolute Gasteiger partial charge is 0.152 e. The first-order valence-electron chi connectivity index (χ1n) is 5.24. The summed E-state index contributed by atoms with van der Waals surface area (Å²) in [6, 6.07) is 8.03. The van der Waals surface area contributed by atoms with E-state index in [4.69, 9.17) is 5.73 Å². The quantitative estimate of drug-likeness (QED) is 0.882. The van der Waals surface area contributed by atoms with Crippen molar-refractivity contribution in [3.05, 3.63) is 29.8 Å². The zero-order valence-electron chi connectivity index (χ0n) is 8.93. The van der Waals surface area contributed by atoms with Gasteiger partial charge in [0.25, 0.3) is 0 Å². The van der Waals surface area contributed by atoms with Crippen molar-refractivity contribution < 1.29 is 8.42 Å². The second kappa shape index (κ2) is 4.77. The first-order valence-corrected chi connectivity index (χ1v) is 8.05. The molecular formula is C11H15NO2S2. The van der Waals surface area contributed by atoms with Crippen molar-refractivity contribution in [1.29, 1.82) is 0 Å². The maximum atomic E-state index is 11.7. The molecule has 1 aliphatic heterocycles. The molecule has 88 valence electrons. The molecule has 0 radical (unpaired) electrons. The molecule has 0 amide bonds. The van der Waals surface area contributed by atoms with E-state index in [2.05, 4.69) is 6.07 Å². The van der Waals surface area contributed by atoms with Crippen LogP contribution in [0.15, 0.2) is 29.2 Å². The van der Waals surface area contributed by atoms with Crippen LogP contribution in [0.25, 0.3) is 0 Å². The van der Waals surface area contributed by atoms with Gasteiger partial charge in [-0.3, -0.25) is 0 Å². The average Bonchev–Trinajstić information content (AvgIpc) is 2.61. The van der Waals surface area contributed by atoms with Crippen molar-refractivity contribution >= 4 is 21.6 Å². The van der Waals surface area contributed by atoms with Gasteiger partial charge in [-0.1, -0.05) is 18.2 Å². The van der Waals surface area contributed by atoms with Crippen molar-refractivity contribution in [2.45, 2.75) is 10.8 Å². The van der Waals surface area contributed by atoms with Gasteiger partial charge in [-0.25, -0.2) is 8.42 Å². The summed E-state index contributed by atoms with van der Waals surface area (Å²) in [5.74, 6) is 1.32. The highest BCUT2D eigenvalue weighted by Gasteiger charge is 2.27. The van der Waals surface area contributed by atoms with Gasteiger partial charge in [-0.15, -0.1) is 11.8 Å². The highest BCUT2D eigenvalue weighted by atomic mass is 32.2. The fourth-order valence-corrected chi connectivity index (χ4v) is 4.78. The van der Waals surface area contributed by atoms with Crippen LogP contribution in [0.1, 0.15) is 11.5 Å². The highest BCUT2D eigenvalue weighted by molar-refractivity contribution is 7.99. The number of fused-ring (bicyclic) bond motifs is 1. The van der Waals surface area contributed by atoms with Crippen LogP contribution in [-0.2, 0) is 9.84 Å². The Morgan fingerprint density at radius 2 is 2.12 bits per heavy atom. The fraction of sp³-hybridized carbons (Fsp3) is 0.455. The first kappa shape index (κ1) is 12.0. The number of thioether (sulfide) groups is 1. The molecule has 0 saturated carbocycles. The van der Waals surface area contributed by atoms with Gasteiger partial charge in [0.05, 0.1) is 11.5 Å². The number of benzene rings is 1. The van der Waals surface area contributed by atoms with Crippen LogP contribution < -0.4 is 5.73 Å². The van der Waals surface area contributed by atoms with Crippen LogP contribution in [-0.4, -0.2) is 32.2 Å².